The maximum Gasteiger partial charge on any atom is 0.407 e. The van der Waals surface area contributed by atoms with Gasteiger partial charge < -0.3 is 15.0 Å². The lowest BCUT2D eigenvalue weighted by Crippen LogP contribution is -2.40. The molecule has 3 heterocycles. The highest BCUT2D eigenvalue weighted by atomic mass is 35.5. The zero-order valence-corrected chi connectivity index (χ0v) is 24.1. The monoisotopic (exact) mass is 574 g/mol. The van der Waals surface area contributed by atoms with Gasteiger partial charge in [0, 0.05) is 23.9 Å². The van der Waals surface area contributed by atoms with Crippen molar-refractivity contribution >= 4 is 68.5 Å². The second-order valence-corrected chi connectivity index (χ2v) is 11.3. The number of fused-ring (bicyclic) bond motifs is 2. The molecule has 0 radical (unpaired) electrons. The Balaban J connectivity index is 0.000000216. The minimum absolute atomic E-state index is 0.0177. The first-order valence-corrected chi connectivity index (χ1v) is 13.3. The van der Waals surface area contributed by atoms with Crippen molar-refractivity contribution in [1.82, 2.24) is 25.3 Å². The van der Waals surface area contributed by atoms with E-state index in [0.29, 0.717) is 11.7 Å². The fourth-order valence-electron chi connectivity index (χ4n) is 4.16. The van der Waals surface area contributed by atoms with Gasteiger partial charge in [-0.1, -0.05) is 23.7 Å². The number of rotatable bonds is 2. The molecule has 200 valence electrons. The Bertz CT molecular complexity index is 1480. The number of amides is 1. The fourth-order valence-corrected chi connectivity index (χ4v) is 4.79. The highest BCUT2D eigenvalue weighted by Gasteiger charge is 2.28. The van der Waals surface area contributed by atoms with E-state index in [-0.39, 0.29) is 22.7 Å². The van der Waals surface area contributed by atoms with Crippen LogP contribution in [0.25, 0.3) is 21.8 Å². The van der Waals surface area contributed by atoms with Crippen LogP contribution in [0.2, 0.25) is 15.7 Å². The van der Waals surface area contributed by atoms with Crippen molar-refractivity contribution in [1.29, 1.82) is 0 Å². The Hall–Kier alpha value is -2.94. The number of nitrogens with zero attached hydrogens (tertiary/aromatic N) is 5. The maximum absolute atomic E-state index is 12.0. The fraction of sp³-hybridized carbons (Fsp3) is 0.370. The van der Waals surface area contributed by atoms with Gasteiger partial charge in [0.2, 0.25) is 10.6 Å². The van der Waals surface area contributed by atoms with Crippen molar-refractivity contribution in [3.05, 3.63) is 63.2 Å². The highest BCUT2D eigenvalue weighted by molar-refractivity contribution is 6.35. The predicted octanol–water partition coefficient (Wildman–Crippen LogP) is 6.94. The number of carbonyl (C=O) groups excluding carboxylic acids is 1. The Kier molecular flexibility index (Phi) is 8.45. The molecule has 11 heteroatoms. The first kappa shape index (κ1) is 28.1. The van der Waals surface area contributed by atoms with Crippen molar-refractivity contribution in [2.45, 2.75) is 52.7 Å². The Labute approximate surface area is 236 Å². The number of halogens is 3. The quantitative estimate of drug-likeness (QED) is 0.204. The first-order chi connectivity index (χ1) is 17.9. The van der Waals surface area contributed by atoms with E-state index in [9.17, 15) is 4.79 Å². The number of aromatic nitrogens is 4. The number of carbonyl (C=O) groups is 1. The van der Waals surface area contributed by atoms with Crippen LogP contribution in [0.1, 0.15) is 38.3 Å². The van der Waals surface area contributed by atoms with Gasteiger partial charge in [-0.2, -0.15) is 4.98 Å². The average molecular weight is 576 g/mol. The number of hydrogen-bond donors (Lipinski definition) is 1. The normalized spacial score (nSPS) is 15.4. The molecule has 2 aromatic carbocycles. The molecule has 1 amide bonds. The Morgan fingerprint density at radius 1 is 0.921 bits per heavy atom. The standard InChI is InChI=1S/C18H23ClN4O2.C9H6Cl2N2/c1-11-5-6-13-14(9-11)21-16(19)22-15(13)23-8-7-12(10-23)20-17(24)25-18(2,3)4;1-5-2-3-6-7(4-5)12-9(11)13-8(6)10/h5-6,9,12H,7-8,10H2,1-4H3,(H,20,24);2-4H,1H3/t12-;/m1./s1. The lowest BCUT2D eigenvalue weighted by Gasteiger charge is -2.22. The molecule has 4 aromatic rings. The van der Waals surface area contributed by atoms with Crippen LogP contribution >= 0.6 is 34.8 Å². The Morgan fingerprint density at radius 2 is 1.50 bits per heavy atom. The summed E-state index contributed by atoms with van der Waals surface area (Å²) in [7, 11) is 0. The topological polar surface area (TPSA) is 93.1 Å². The molecule has 0 saturated carbocycles. The molecular weight excluding hydrogens is 547 g/mol. The van der Waals surface area contributed by atoms with Gasteiger partial charge in [-0.05, 0) is 99.6 Å². The molecule has 1 saturated heterocycles. The summed E-state index contributed by atoms with van der Waals surface area (Å²) in [6.45, 7) is 11.0. The summed E-state index contributed by atoms with van der Waals surface area (Å²) in [5, 5.41) is 5.54. The maximum atomic E-state index is 12.0. The number of benzene rings is 2. The molecule has 2 aromatic heterocycles. The SMILES string of the molecule is Cc1ccc2c(Cl)nc(Cl)nc2c1.Cc1ccc2c(N3CC[C@@H](NC(=O)OC(C)(C)C)C3)nc(Cl)nc2c1. The molecule has 1 aliphatic heterocycles. The molecule has 5 rings (SSSR count). The molecule has 1 fully saturated rings. The van der Waals surface area contributed by atoms with Crippen molar-refractivity contribution < 1.29 is 9.53 Å². The number of alkyl carbamates (subject to hydrolysis) is 1. The summed E-state index contributed by atoms with van der Waals surface area (Å²) in [6.07, 6.45) is 0.439. The van der Waals surface area contributed by atoms with Crippen molar-refractivity contribution in [2.75, 3.05) is 18.0 Å². The minimum atomic E-state index is -0.503. The zero-order valence-electron chi connectivity index (χ0n) is 21.8. The predicted molar refractivity (Wildman–Crippen MR) is 154 cm³/mol. The lowest BCUT2D eigenvalue weighted by molar-refractivity contribution is 0.0509. The second-order valence-electron chi connectivity index (χ2n) is 10.2. The summed E-state index contributed by atoms with van der Waals surface area (Å²) < 4.78 is 5.33. The molecule has 1 atom stereocenters. The largest absolute Gasteiger partial charge is 0.444 e. The average Bonchev–Trinajstić information content (AvgIpc) is 3.25. The Morgan fingerprint density at radius 3 is 2.13 bits per heavy atom. The number of ether oxygens (including phenoxy) is 1. The number of hydrogen-bond acceptors (Lipinski definition) is 7. The summed E-state index contributed by atoms with van der Waals surface area (Å²) in [5.74, 6) is 0.809. The molecule has 0 spiro atoms. The van der Waals surface area contributed by atoms with Gasteiger partial charge in [0.05, 0.1) is 17.1 Å². The van der Waals surface area contributed by atoms with E-state index in [1.807, 2.05) is 71.0 Å². The van der Waals surface area contributed by atoms with E-state index in [1.165, 1.54) is 0 Å². The van der Waals surface area contributed by atoms with Gasteiger partial charge in [-0.3, -0.25) is 0 Å². The molecule has 8 nitrogen and oxygen atoms in total. The summed E-state index contributed by atoms with van der Waals surface area (Å²) >= 11 is 17.7. The lowest BCUT2D eigenvalue weighted by atomic mass is 10.1. The van der Waals surface area contributed by atoms with Crippen LogP contribution in [0.5, 0.6) is 0 Å². The van der Waals surface area contributed by atoms with Crippen LogP contribution in [-0.4, -0.2) is 50.8 Å². The molecular formula is C27H29Cl3N6O2. The molecule has 0 unspecified atom stereocenters. The second kappa shape index (κ2) is 11.4. The smallest absolute Gasteiger partial charge is 0.407 e. The molecule has 1 aliphatic rings. The van der Waals surface area contributed by atoms with Gasteiger partial charge in [0.1, 0.15) is 16.6 Å². The summed E-state index contributed by atoms with van der Waals surface area (Å²) in [6, 6.07) is 11.9. The van der Waals surface area contributed by atoms with Crippen molar-refractivity contribution in [3.8, 4) is 0 Å². The van der Waals surface area contributed by atoms with Crippen LogP contribution in [0.15, 0.2) is 36.4 Å². The van der Waals surface area contributed by atoms with Crippen LogP contribution in [0, 0.1) is 13.8 Å². The van der Waals surface area contributed by atoms with E-state index in [1.54, 1.807) is 0 Å². The third kappa shape index (κ3) is 7.12. The molecule has 1 N–H and O–H groups in total. The first-order valence-electron chi connectivity index (χ1n) is 12.2. The van der Waals surface area contributed by atoms with E-state index in [2.05, 4.69) is 30.2 Å². The van der Waals surface area contributed by atoms with E-state index < -0.39 is 5.60 Å². The van der Waals surface area contributed by atoms with E-state index in [4.69, 9.17) is 39.5 Å². The van der Waals surface area contributed by atoms with Gasteiger partial charge in [0.25, 0.3) is 0 Å². The number of aryl methyl sites for hydroxylation is 2. The van der Waals surface area contributed by atoms with Gasteiger partial charge in [0.15, 0.2) is 0 Å². The summed E-state index contributed by atoms with van der Waals surface area (Å²) in [5.41, 5.74) is 3.36. The van der Waals surface area contributed by atoms with Gasteiger partial charge in [-0.15, -0.1) is 0 Å². The van der Waals surface area contributed by atoms with Crippen LogP contribution in [0.3, 0.4) is 0 Å². The highest BCUT2D eigenvalue weighted by Crippen LogP contribution is 2.29. The third-order valence-corrected chi connectivity index (χ3v) is 6.42. The molecule has 38 heavy (non-hydrogen) atoms. The van der Waals surface area contributed by atoms with E-state index in [0.717, 1.165) is 51.7 Å². The van der Waals surface area contributed by atoms with Crippen molar-refractivity contribution in [3.63, 3.8) is 0 Å². The summed E-state index contributed by atoms with van der Waals surface area (Å²) in [4.78, 5) is 30.8. The number of anilines is 1. The molecule has 0 aliphatic carbocycles. The number of nitrogens with one attached hydrogen (secondary N) is 1. The van der Waals surface area contributed by atoms with Crippen LogP contribution in [0.4, 0.5) is 10.6 Å². The van der Waals surface area contributed by atoms with Gasteiger partial charge in [-0.25, -0.2) is 19.7 Å². The molecule has 0 bridgehead atoms. The third-order valence-electron chi connectivity index (χ3n) is 5.79. The van der Waals surface area contributed by atoms with Gasteiger partial charge >= 0.3 is 6.09 Å². The zero-order chi connectivity index (χ0) is 27.6. The minimum Gasteiger partial charge on any atom is -0.444 e. The van der Waals surface area contributed by atoms with Crippen LogP contribution < -0.4 is 10.2 Å². The van der Waals surface area contributed by atoms with Crippen molar-refractivity contribution in [2.24, 2.45) is 0 Å². The van der Waals surface area contributed by atoms with E-state index >= 15 is 0 Å². The van der Waals surface area contributed by atoms with Crippen LogP contribution in [-0.2, 0) is 4.74 Å².